The maximum absolute atomic E-state index is 5.08. The maximum atomic E-state index is 5.08. The molecular formula is C15H28N4O. The van der Waals surface area contributed by atoms with E-state index in [1.165, 1.54) is 38.8 Å². The molecule has 0 bridgehead atoms. The molecule has 0 radical (unpaired) electrons. The number of piperidine rings is 1. The lowest BCUT2D eigenvalue weighted by Crippen LogP contribution is -2.46. The molecule has 1 aromatic rings. The molecule has 1 saturated heterocycles. The Morgan fingerprint density at radius 3 is 3.10 bits per heavy atom. The minimum Gasteiger partial charge on any atom is -0.383 e. The van der Waals surface area contributed by atoms with E-state index in [1.54, 1.807) is 7.11 Å². The van der Waals surface area contributed by atoms with E-state index in [0.29, 0.717) is 6.04 Å². The molecule has 2 heterocycles. The first kappa shape index (κ1) is 15.5. The van der Waals surface area contributed by atoms with Crippen molar-refractivity contribution in [2.24, 2.45) is 0 Å². The first-order valence-electron chi connectivity index (χ1n) is 7.79. The molecule has 1 aliphatic rings. The Hall–Kier alpha value is -0.910. The molecule has 0 spiro atoms. The lowest BCUT2D eigenvalue weighted by Gasteiger charge is -2.36. The Bertz CT molecular complexity index is 342. The van der Waals surface area contributed by atoms with E-state index in [9.17, 15) is 0 Å². The molecule has 5 nitrogen and oxygen atoms in total. The summed E-state index contributed by atoms with van der Waals surface area (Å²) in [6.07, 6.45) is 11.0. The van der Waals surface area contributed by atoms with Crippen LogP contribution < -0.4 is 5.32 Å². The third-order valence-electron chi connectivity index (χ3n) is 4.03. The molecule has 1 N–H and O–H groups in total. The fourth-order valence-electron chi connectivity index (χ4n) is 2.90. The fraction of sp³-hybridized carbons (Fsp3) is 0.800. The van der Waals surface area contributed by atoms with Crippen LogP contribution in [0.2, 0.25) is 0 Å². The molecule has 1 aliphatic heterocycles. The molecule has 20 heavy (non-hydrogen) atoms. The summed E-state index contributed by atoms with van der Waals surface area (Å²) in [6.45, 7) is 6.35. The fourth-order valence-corrected chi connectivity index (χ4v) is 2.90. The number of ether oxygens (including phenoxy) is 1. The minimum absolute atomic E-state index is 0.698. The quantitative estimate of drug-likeness (QED) is 0.694. The van der Waals surface area contributed by atoms with Crippen LogP contribution in [0.15, 0.2) is 18.7 Å². The molecule has 0 saturated carbocycles. The van der Waals surface area contributed by atoms with Gasteiger partial charge in [-0.05, 0) is 25.8 Å². The number of methoxy groups -OCH3 is 1. The van der Waals surface area contributed by atoms with E-state index in [1.807, 2.05) is 18.7 Å². The second-order valence-electron chi connectivity index (χ2n) is 5.54. The van der Waals surface area contributed by atoms with Gasteiger partial charge >= 0.3 is 0 Å². The molecule has 0 amide bonds. The number of nitrogens with one attached hydrogen (secondary N) is 1. The number of hydrogen-bond donors (Lipinski definition) is 1. The summed E-state index contributed by atoms with van der Waals surface area (Å²) in [6, 6.07) is 0.698. The van der Waals surface area contributed by atoms with Crippen LogP contribution in [-0.4, -0.2) is 60.4 Å². The van der Waals surface area contributed by atoms with Crippen molar-refractivity contribution in [2.75, 3.05) is 39.9 Å². The predicted molar refractivity (Wildman–Crippen MR) is 80.8 cm³/mol. The van der Waals surface area contributed by atoms with Gasteiger partial charge in [0.25, 0.3) is 0 Å². The summed E-state index contributed by atoms with van der Waals surface area (Å²) < 4.78 is 7.24. The number of nitrogens with zero attached hydrogens (tertiary/aromatic N) is 3. The number of imidazole rings is 1. The summed E-state index contributed by atoms with van der Waals surface area (Å²) in [5.74, 6) is 0. The van der Waals surface area contributed by atoms with Gasteiger partial charge in [0, 0.05) is 51.7 Å². The summed E-state index contributed by atoms with van der Waals surface area (Å²) in [4.78, 5) is 6.74. The average Bonchev–Trinajstić information content (AvgIpc) is 2.98. The average molecular weight is 280 g/mol. The standard InChI is InChI=1S/C15H28N4O/c1-20-12-7-16-13-15-5-2-3-9-19(15)10-4-8-18-11-6-17-14-18/h6,11,14-16H,2-5,7-10,12-13H2,1H3. The zero-order valence-electron chi connectivity index (χ0n) is 12.6. The van der Waals surface area contributed by atoms with Crippen molar-refractivity contribution < 1.29 is 4.74 Å². The van der Waals surface area contributed by atoms with Crippen molar-refractivity contribution in [3.05, 3.63) is 18.7 Å². The Kier molecular flexibility index (Phi) is 7.05. The van der Waals surface area contributed by atoms with Crippen molar-refractivity contribution in [2.45, 2.75) is 38.3 Å². The van der Waals surface area contributed by atoms with Crippen molar-refractivity contribution >= 4 is 0 Å². The number of hydrogen-bond acceptors (Lipinski definition) is 4. The van der Waals surface area contributed by atoms with E-state index < -0.39 is 0 Å². The molecule has 2 rings (SSSR count). The summed E-state index contributed by atoms with van der Waals surface area (Å²) in [5.41, 5.74) is 0. The molecular weight excluding hydrogens is 252 g/mol. The number of likely N-dealkylation sites (tertiary alicyclic amines) is 1. The van der Waals surface area contributed by atoms with Gasteiger partial charge in [-0.2, -0.15) is 0 Å². The van der Waals surface area contributed by atoms with Crippen molar-refractivity contribution in [1.82, 2.24) is 19.8 Å². The summed E-state index contributed by atoms with van der Waals surface area (Å²) in [5, 5.41) is 3.51. The van der Waals surface area contributed by atoms with Gasteiger partial charge in [0.2, 0.25) is 0 Å². The highest BCUT2D eigenvalue weighted by Gasteiger charge is 2.21. The lowest BCUT2D eigenvalue weighted by molar-refractivity contribution is 0.137. The molecule has 5 heteroatoms. The van der Waals surface area contributed by atoms with Gasteiger partial charge in [-0.15, -0.1) is 0 Å². The highest BCUT2D eigenvalue weighted by molar-refractivity contribution is 4.79. The van der Waals surface area contributed by atoms with Crippen LogP contribution in [0, 0.1) is 0 Å². The topological polar surface area (TPSA) is 42.3 Å². The van der Waals surface area contributed by atoms with Gasteiger partial charge in [0.1, 0.15) is 0 Å². The molecule has 1 fully saturated rings. The Balaban J connectivity index is 1.66. The molecule has 1 aromatic heterocycles. The van der Waals surface area contributed by atoms with Crippen LogP contribution in [0.5, 0.6) is 0 Å². The normalized spacial score (nSPS) is 20.4. The monoisotopic (exact) mass is 280 g/mol. The van der Waals surface area contributed by atoms with Gasteiger partial charge in [-0.3, -0.25) is 4.90 Å². The van der Waals surface area contributed by atoms with Crippen LogP contribution in [0.1, 0.15) is 25.7 Å². The van der Waals surface area contributed by atoms with E-state index >= 15 is 0 Å². The second-order valence-corrected chi connectivity index (χ2v) is 5.54. The first-order chi connectivity index (χ1) is 9.90. The zero-order valence-corrected chi connectivity index (χ0v) is 12.6. The second kappa shape index (κ2) is 9.10. The van der Waals surface area contributed by atoms with Crippen LogP contribution in [0.25, 0.3) is 0 Å². The van der Waals surface area contributed by atoms with Gasteiger partial charge < -0.3 is 14.6 Å². The lowest BCUT2D eigenvalue weighted by atomic mass is 10.0. The first-order valence-corrected chi connectivity index (χ1v) is 7.79. The van der Waals surface area contributed by atoms with Gasteiger partial charge in [-0.25, -0.2) is 4.98 Å². The van der Waals surface area contributed by atoms with Gasteiger partial charge in [0.05, 0.1) is 12.9 Å². The minimum atomic E-state index is 0.698. The third-order valence-corrected chi connectivity index (χ3v) is 4.03. The number of rotatable bonds is 9. The van der Waals surface area contributed by atoms with E-state index in [0.717, 1.165) is 26.2 Å². The summed E-state index contributed by atoms with van der Waals surface area (Å²) in [7, 11) is 1.75. The molecule has 1 unspecified atom stereocenters. The predicted octanol–water partition coefficient (Wildman–Crippen LogP) is 1.36. The molecule has 0 aromatic carbocycles. The van der Waals surface area contributed by atoms with Crippen LogP contribution in [0.4, 0.5) is 0 Å². The SMILES string of the molecule is COCCNCC1CCCCN1CCCn1ccnc1. The molecule has 114 valence electrons. The van der Waals surface area contributed by atoms with Gasteiger partial charge in [0.15, 0.2) is 0 Å². The largest absolute Gasteiger partial charge is 0.383 e. The Morgan fingerprint density at radius 2 is 2.30 bits per heavy atom. The van der Waals surface area contributed by atoms with Gasteiger partial charge in [-0.1, -0.05) is 6.42 Å². The highest BCUT2D eigenvalue weighted by Crippen LogP contribution is 2.16. The third kappa shape index (κ3) is 5.23. The number of aromatic nitrogens is 2. The maximum Gasteiger partial charge on any atom is 0.0945 e. The smallest absolute Gasteiger partial charge is 0.0945 e. The highest BCUT2D eigenvalue weighted by atomic mass is 16.5. The van der Waals surface area contributed by atoms with Crippen LogP contribution in [0.3, 0.4) is 0 Å². The van der Waals surface area contributed by atoms with Crippen LogP contribution >= 0.6 is 0 Å². The van der Waals surface area contributed by atoms with Crippen LogP contribution in [-0.2, 0) is 11.3 Å². The van der Waals surface area contributed by atoms with Crippen molar-refractivity contribution in [3.8, 4) is 0 Å². The molecule has 0 aliphatic carbocycles. The van der Waals surface area contributed by atoms with Crippen molar-refractivity contribution in [3.63, 3.8) is 0 Å². The molecule has 1 atom stereocenters. The van der Waals surface area contributed by atoms with E-state index in [4.69, 9.17) is 4.74 Å². The van der Waals surface area contributed by atoms with E-state index in [2.05, 4.69) is 19.8 Å². The summed E-state index contributed by atoms with van der Waals surface area (Å²) >= 11 is 0. The number of aryl methyl sites for hydroxylation is 1. The van der Waals surface area contributed by atoms with E-state index in [-0.39, 0.29) is 0 Å². The zero-order chi connectivity index (χ0) is 14.0. The Morgan fingerprint density at radius 1 is 1.35 bits per heavy atom. The van der Waals surface area contributed by atoms with Crippen molar-refractivity contribution in [1.29, 1.82) is 0 Å². The Labute approximate surface area is 122 Å².